The van der Waals surface area contributed by atoms with Crippen molar-refractivity contribution in [1.82, 2.24) is 9.80 Å². The van der Waals surface area contributed by atoms with Crippen LogP contribution >= 0.6 is 0 Å². The van der Waals surface area contributed by atoms with Crippen LogP contribution in [0.15, 0.2) is 0 Å². The lowest BCUT2D eigenvalue weighted by Crippen LogP contribution is -2.49. The van der Waals surface area contributed by atoms with Gasteiger partial charge < -0.3 is 15.4 Å². The zero-order valence-electron chi connectivity index (χ0n) is 15.5. The number of likely N-dealkylation sites (tertiary alicyclic amines) is 1. The first-order valence-corrected chi connectivity index (χ1v) is 9.92. The van der Waals surface area contributed by atoms with E-state index in [-0.39, 0.29) is 6.04 Å². The van der Waals surface area contributed by atoms with Crippen LogP contribution in [0.4, 0.5) is 0 Å². The molecule has 5 nitrogen and oxygen atoms in total. The molecule has 0 aromatic heterocycles. The molecule has 3 rings (SSSR count). The monoisotopic (exact) mass is 337 g/mol. The van der Waals surface area contributed by atoms with E-state index in [4.69, 9.17) is 10.5 Å². The number of rotatable bonds is 4. The van der Waals surface area contributed by atoms with Crippen LogP contribution in [0, 0.1) is 11.8 Å². The van der Waals surface area contributed by atoms with Gasteiger partial charge in [-0.2, -0.15) is 0 Å². The minimum absolute atomic E-state index is 0.247. The van der Waals surface area contributed by atoms with E-state index in [0.717, 1.165) is 64.3 Å². The number of ether oxygens (including phenoxy) is 1. The maximum absolute atomic E-state index is 12.5. The van der Waals surface area contributed by atoms with Gasteiger partial charge in [-0.05, 0) is 51.4 Å². The molecule has 0 bridgehead atoms. The molecule has 2 unspecified atom stereocenters. The molecule has 24 heavy (non-hydrogen) atoms. The van der Waals surface area contributed by atoms with Crippen LogP contribution in [-0.4, -0.2) is 66.7 Å². The van der Waals surface area contributed by atoms with Crippen LogP contribution in [0.5, 0.6) is 0 Å². The smallest absolute Gasteiger partial charge is 0.222 e. The van der Waals surface area contributed by atoms with E-state index < -0.39 is 0 Å². The summed E-state index contributed by atoms with van der Waals surface area (Å²) in [6.45, 7) is 9.44. The van der Waals surface area contributed by atoms with Crippen LogP contribution < -0.4 is 5.73 Å². The summed E-state index contributed by atoms with van der Waals surface area (Å²) in [6.07, 6.45) is 7.05. The number of amides is 1. The molecule has 2 N–H and O–H groups in total. The molecule has 2 heterocycles. The van der Waals surface area contributed by atoms with E-state index in [9.17, 15) is 4.79 Å². The predicted molar refractivity (Wildman–Crippen MR) is 95.7 cm³/mol. The van der Waals surface area contributed by atoms with Crippen molar-refractivity contribution in [3.8, 4) is 0 Å². The van der Waals surface area contributed by atoms with Crippen molar-refractivity contribution in [1.29, 1.82) is 0 Å². The lowest BCUT2D eigenvalue weighted by atomic mass is 9.94. The molecule has 3 fully saturated rings. The molecule has 2 saturated heterocycles. The Balaban J connectivity index is 1.40. The third-order valence-electron chi connectivity index (χ3n) is 6.13. The van der Waals surface area contributed by atoms with Gasteiger partial charge in [0, 0.05) is 45.2 Å². The Morgan fingerprint density at radius 1 is 1.08 bits per heavy atom. The maximum Gasteiger partial charge on any atom is 0.222 e. The molecule has 0 radical (unpaired) electrons. The molecule has 138 valence electrons. The summed E-state index contributed by atoms with van der Waals surface area (Å²) < 4.78 is 5.82. The van der Waals surface area contributed by atoms with Gasteiger partial charge in [0.25, 0.3) is 0 Å². The van der Waals surface area contributed by atoms with Crippen molar-refractivity contribution in [2.45, 2.75) is 70.6 Å². The Hall–Kier alpha value is -0.650. The third-order valence-corrected chi connectivity index (χ3v) is 6.13. The molecule has 1 saturated carbocycles. The summed E-state index contributed by atoms with van der Waals surface area (Å²) in [5.41, 5.74) is 6.12. The van der Waals surface area contributed by atoms with Gasteiger partial charge in [0.2, 0.25) is 5.91 Å². The van der Waals surface area contributed by atoms with Crippen LogP contribution in [0.1, 0.15) is 52.4 Å². The number of carbonyl (C=O) groups is 1. The number of nitrogens with two attached hydrogens (primary N) is 1. The summed E-state index contributed by atoms with van der Waals surface area (Å²) in [4.78, 5) is 17.2. The number of morpholine rings is 1. The summed E-state index contributed by atoms with van der Waals surface area (Å²) in [7, 11) is 0. The molecule has 0 aromatic carbocycles. The normalized spacial score (nSPS) is 36.2. The number of hydrogen-bond donors (Lipinski definition) is 1. The van der Waals surface area contributed by atoms with Crippen molar-refractivity contribution in [3.05, 3.63) is 0 Å². The van der Waals surface area contributed by atoms with Gasteiger partial charge in [-0.3, -0.25) is 9.69 Å². The first-order chi connectivity index (χ1) is 11.5. The molecule has 0 spiro atoms. The highest BCUT2D eigenvalue weighted by atomic mass is 16.5. The van der Waals surface area contributed by atoms with Gasteiger partial charge in [-0.25, -0.2) is 0 Å². The molecular formula is C19H35N3O2. The van der Waals surface area contributed by atoms with Gasteiger partial charge >= 0.3 is 0 Å². The molecule has 5 heteroatoms. The lowest BCUT2D eigenvalue weighted by molar-refractivity contribution is -0.133. The second kappa shape index (κ2) is 8.15. The predicted octanol–water partition coefficient (Wildman–Crippen LogP) is 1.85. The van der Waals surface area contributed by atoms with E-state index in [1.807, 2.05) is 0 Å². The first kappa shape index (κ1) is 18.2. The number of nitrogens with zero attached hydrogens (tertiary/aromatic N) is 2. The zero-order valence-corrected chi connectivity index (χ0v) is 15.5. The van der Waals surface area contributed by atoms with Crippen LogP contribution in [0.25, 0.3) is 0 Å². The highest BCUT2D eigenvalue weighted by molar-refractivity contribution is 5.76. The molecule has 4 atom stereocenters. The zero-order chi connectivity index (χ0) is 17.1. The standard InChI is InChI=1S/C19H35N3O2/c1-14-11-21(12-15(2)24-14)13-16-6-8-22(9-7-16)19(23)10-17-4-3-5-18(17)20/h14-18H,3-13,20H2,1-2H3/t14?,15?,17-,18+/m0/s1. The van der Waals surface area contributed by atoms with E-state index in [1.54, 1.807) is 0 Å². The number of carbonyl (C=O) groups excluding carboxylic acids is 1. The molecule has 1 aliphatic carbocycles. The largest absolute Gasteiger partial charge is 0.373 e. The Bertz CT molecular complexity index is 413. The Morgan fingerprint density at radius 3 is 2.33 bits per heavy atom. The highest BCUT2D eigenvalue weighted by Gasteiger charge is 2.31. The summed E-state index contributed by atoms with van der Waals surface area (Å²) in [5, 5.41) is 0. The van der Waals surface area contributed by atoms with E-state index in [1.165, 1.54) is 6.42 Å². The quantitative estimate of drug-likeness (QED) is 0.850. The van der Waals surface area contributed by atoms with Crippen molar-refractivity contribution in [2.24, 2.45) is 17.6 Å². The van der Waals surface area contributed by atoms with Crippen molar-refractivity contribution in [2.75, 3.05) is 32.7 Å². The molecular weight excluding hydrogens is 302 g/mol. The Kier molecular flexibility index (Phi) is 6.17. The van der Waals surface area contributed by atoms with Crippen molar-refractivity contribution in [3.63, 3.8) is 0 Å². The molecule has 3 aliphatic rings. The van der Waals surface area contributed by atoms with Gasteiger partial charge in [0.1, 0.15) is 0 Å². The van der Waals surface area contributed by atoms with Gasteiger partial charge in [-0.15, -0.1) is 0 Å². The van der Waals surface area contributed by atoms with E-state index >= 15 is 0 Å². The average Bonchev–Trinajstić information content (AvgIpc) is 2.92. The van der Waals surface area contributed by atoms with Crippen LogP contribution in [-0.2, 0) is 9.53 Å². The third kappa shape index (κ3) is 4.70. The Morgan fingerprint density at radius 2 is 1.75 bits per heavy atom. The minimum Gasteiger partial charge on any atom is -0.373 e. The summed E-state index contributed by atoms with van der Waals surface area (Å²) in [5.74, 6) is 1.48. The topological polar surface area (TPSA) is 58.8 Å². The van der Waals surface area contributed by atoms with Gasteiger partial charge in [-0.1, -0.05) is 6.42 Å². The second-order valence-corrected chi connectivity index (χ2v) is 8.36. The highest BCUT2D eigenvalue weighted by Crippen LogP contribution is 2.28. The maximum atomic E-state index is 12.5. The van der Waals surface area contributed by atoms with Gasteiger partial charge in [0.05, 0.1) is 12.2 Å². The van der Waals surface area contributed by atoms with Crippen LogP contribution in [0.3, 0.4) is 0 Å². The van der Waals surface area contributed by atoms with Crippen LogP contribution in [0.2, 0.25) is 0 Å². The van der Waals surface area contributed by atoms with E-state index in [0.29, 0.717) is 30.5 Å². The average molecular weight is 338 g/mol. The minimum atomic E-state index is 0.247. The molecule has 0 aromatic rings. The molecule has 2 aliphatic heterocycles. The summed E-state index contributed by atoms with van der Waals surface area (Å²) >= 11 is 0. The number of hydrogen-bond acceptors (Lipinski definition) is 4. The van der Waals surface area contributed by atoms with Crippen molar-refractivity contribution >= 4 is 5.91 Å². The van der Waals surface area contributed by atoms with E-state index in [2.05, 4.69) is 23.6 Å². The summed E-state index contributed by atoms with van der Waals surface area (Å²) in [6, 6.07) is 0.247. The second-order valence-electron chi connectivity index (χ2n) is 8.36. The van der Waals surface area contributed by atoms with Gasteiger partial charge in [0.15, 0.2) is 0 Å². The Labute approximate surface area is 146 Å². The number of piperidine rings is 1. The molecule has 1 amide bonds. The fraction of sp³-hybridized carbons (Fsp3) is 0.947. The fourth-order valence-corrected chi connectivity index (χ4v) is 4.84. The van der Waals surface area contributed by atoms with Crippen molar-refractivity contribution < 1.29 is 9.53 Å². The fourth-order valence-electron chi connectivity index (χ4n) is 4.84. The first-order valence-electron chi connectivity index (χ1n) is 9.92. The lowest BCUT2D eigenvalue weighted by Gasteiger charge is -2.39. The SMILES string of the molecule is CC1CN(CC2CCN(C(=O)C[C@@H]3CCC[C@H]3N)CC2)CC(C)O1.